The Bertz CT molecular complexity index is 206. The average molecular weight is 260 g/mol. The van der Waals surface area contributed by atoms with Gasteiger partial charge in [-0.2, -0.15) is 0 Å². The van der Waals surface area contributed by atoms with Crippen LogP contribution in [0.15, 0.2) is 0 Å². The topological polar surface area (TPSA) is 77.8 Å². The molecule has 0 aliphatic rings. The van der Waals surface area contributed by atoms with Crippen molar-refractivity contribution in [2.75, 3.05) is 6.61 Å². The van der Waals surface area contributed by atoms with Gasteiger partial charge in [-0.15, -0.1) is 0 Å². The lowest BCUT2D eigenvalue weighted by atomic mass is 9.95. The van der Waals surface area contributed by atoms with Gasteiger partial charge in [-0.3, -0.25) is 4.79 Å². The number of aliphatic hydroxyl groups is 2. The molecule has 0 aliphatic carbocycles. The summed E-state index contributed by atoms with van der Waals surface area (Å²) in [6.45, 7) is 1.82. The van der Waals surface area contributed by atoms with E-state index in [9.17, 15) is 9.90 Å². The van der Waals surface area contributed by atoms with Crippen LogP contribution in [0.25, 0.3) is 0 Å². The fourth-order valence-electron chi connectivity index (χ4n) is 2.09. The molecule has 0 fully saturated rings. The molecule has 18 heavy (non-hydrogen) atoms. The quantitative estimate of drug-likeness (QED) is 0.471. The summed E-state index contributed by atoms with van der Waals surface area (Å²) in [5.74, 6) is -1.39. The largest absolute Gasteiger partial charge is 0.481 e. The number of aliphatic carboxylic acids is 1. The Morgan fingerprint density at radius 2 is 1.61 bits per heavy atom. The first-order valence-corrected chi connectivity index (χ1v) is 7.13. The summed E-state index contributed by atoms with van der Waals surface area (Å²) in [6.07, 6.45) is 7.96. The first kappa shape index (κ1) is 17.4. The zero-order valence-corrected chi connectivity index (χ0v) is 11.5. The maximum absolute atomic E-state index is 11.0. The van der Waals surface area contributed by atoms with Crippen LogP contribution in [0.2, 0.25) is 0 Å². The van der Waals surface area contributed by atoms with E-state index < -0.39 is 18.0 Å². The zero-order chi connectivity index (χ0) is 13.8. The molecule has 2 atom stereocenters. The normalized spacial score (nSPS) is 14.4. The van der Waals surface area contributed by atoms with E-state index in [-0.39, 0.29) is 13.0 Å². The van der Waals surface area contributed by atoms with Crippen molar-refractivity contribution in [3.8, 4) is 0 Å². The summed E-state index contributed by atoms with van der Waals surface area (Å²) in [6, 6.07) is 0. The van der Waals surface area contributed by atoms with Crippen LogP contribution in [0.5, 0.6) is 0 Å². The molecule has 0 aromatic rings. The maximum Gasteiger partial charge on any atom is 0.306 e. The number of rotatable bonds is 12. The van der Waals surface area contributed by atoms with Crippen molar-refractivity contribution in [2.45, 2.75) is 70.8 Å². The number of hydrogen-bond acceptors (Lipinski definition) is 3. The van der Waals surface area contributed by atoms with Crippen LogP contribution in [0.1, 0.15) is 64.7 Å². The Morgan fingerprint density at radius 1 is 1.06 bits per heavy atom. The van der Waals surface area contributed by atoms with Gasteiger partial charge in [0.25, 0.3) is 0 Å². The highest BCUT2D eigenvalue weighted by molar-refractivity contribution is 5.69. The highest BCUT2D eigenvalue weighted by Gasteiger charge is 2.20. The molecule has 4 nitrogen and oxygen atoms in total. The molecule has 0 aromatic carbocycles. The molecule has 0 aromatic heterocycles. The van der Waals surface area contributed by atoms with Gasteiger partial charge in [0.1, 0.15) is 0 Å². The van der Waals surface area contributed by atoms with Gasteiger partial charge < -0.3 is 15.3 Å². The molecule has 0 saturated heterocycles. The SMILES string of the molecule is CCCCCCCCCC(CC(O)CO)C(=O)O. The molecule has 3 N–H and O–H groups in total. The van der Waals surface area contributed by atoms with Gasteiger partial charge in [-0.1, -0.05) is 51.9 Å². The number of carbonyl (C=O) groups is 1. The average Bonchev–Trinajstić information content (AvgIpc) is 2.35. The summed E-state index contributed by atoms with van der Waals surface area (Å²) in [5, 5.41) is 27.0. The highest BCUT2D eigenvalue weighted by Crippen LogP contribution is 2.17. The maximum atomic E-state index is 11.0. The van der Waals surface area contributed by atoms with E-state index in [2.05, 4.69) is 6.92 Å². The van der Waals surface area contributed by atoms with Gasteiger partial charge in [0.05, 0.1) is 18.6 Å². The molecule has 0 saturated carbocycles. The molecular weight excluding hydrogens is 232 g/mol. The second-order valence-corrected chi connectivity index (χ2v) is 5.02. The Morgan fingerprint density at radius 3 is 2.11 bits per heavy atom. The van der Waals surface area contributed by atoms with E-state index in [0.717, 1.165) is 19.3 Å². The smallest absolute Gasteiger partial charge is 0.306 e. The second kappa shape index (κ2) is 11.5. The lowest BCUT2D eigenvalue weighted by molar-refractivity contribution is -0.143. The van der Waals surface area contributed by atoms with Gasteiger partial charge in [-0.25, -0.2) is 0 Å². The molecular formula is C14H28O4. The molecule has 108 valence electrons. The first-order valence-electron chi connectivity index (χ1n) is 7.13. The fraction of sp³-hybridized carbons (Fsp3) is 0.929. The van der Waals surface area contributed by atoms with Crippen molar-refractivity contribution in [2.24, 2.45) is 5.92 Å². The van der Waals surface area contributed by atoms with Crippen LogP contribution >= 0.6 is 0 Å². The van der Waals surface area contributed by atoms with Gasteiger partial charge in [-0.05, 0) is 12.8 Å². The molecule has 0 amide bonds. The van der Waals surface area contributed by atoms with Crippen molar-refractivity contribution < 1.29 is 20.1 Å². The monoisotopic (exact) mass is 260 g/mol. The minimum atomic E-state index is -0.907. The third-order valence-electron chi connectivity index (χ3n) is 3.27. The third kappa shape index (κ3) is 9.42. The van der Waals surface area contributed by atoms with Crippen molar-refractivity contribution in [3.05, 3.63) is 0 Å². The summed E-state index contributed by atoms with van der Waals surface area (Å²) >= 11 is 0. The van der Waals surface area contributed by atoms with E-state index in [1.807, 2.05) is 0 Å². The molecule has 0 radical (unpaired) electrons. The lowest BCUT2D eigenvalue weighted by Gasteiger charge is -2.15. The van der Waals surface area contributed by atoms with E-state index in [4.69, 9.17) is 10.2 Å². The van der Waals surface area contributed by atoms with E-state index in [0.29, 0.717) is 6.42 Å². The van der Waals surface area contributed by atoms with E-state index >= 15 is 0 Å². The lowest BCUT2D eigenvalue weighted by Crippen LogP contribution is -2.23. The zero-order valence-electron chi connectivity index (χ0n) is 11.5. The fourth-order valence-corrected chi connectivity index (χ4v) is 2.09. The first-order chi connectivity index (χ1) is 8.61. The van der Waals surface area contributed by atoms with Crippen LogP contribution in [-0.2, 0) is 4.79 Å². The van der Waals surface area contributed by atoms with E-state index in [1.165, 1.54) is 25.7 Å². The highest BCUT2D eigenvalue weighted by atomic mass is 16.4. The Kier molecular flexibility index (Phi) is 11.1. The van der Waals surface area contributed by atoms with Crippen LogP contribution in [0.4, 0.5) is 0 Å². The molecule has 2 unspecified atom stereocenters. The van der Waals surface area contributed by atoms with Gasteiger partial charge in [0, 0.05) is 0 Å². The third-order valence-corrected chi connectivity index (χ3v) is 3.27. The molecule has 0 aliphatic heterocycles. The van der Waals surface area contributed by atoms with Crippen molar-refractivity contribution in [3.63, 3.8) is 0 Å². The van der Waals surface area contributed by atoms with Gasteiger partial charge in [0.15, 0.2) is 0 Å². The van der Waals surface area contributed by atoms with Crippen molar-refractivity contribution in [1.82, 2.24) is 0 Å². The summed E-state index contributed by atoms with van der Waals surface area (Å²) < 4.78 is 0. The Labute approximate surface area is 110 Å². The van der Waals surface area contributed by atoms with Crippen LogP contribution in [0.3, 0.4) is 0 Å². The van der Waals surface area contributed by atoms with Gasteiger partial charge in [0.2, 0.25) is 0 Å². The number of carboxylic acids is 1. The summed E-state index contributed by atoms with van der Waals surface area (Å²) in [4.78, 5) is 11.0. The standard InChI is InChI=1S/C14H28O4/c1-2-3-4-5-6-7-8-9-12(14(17)18)10-13(16)11-15/h12-13,15-16H,2-11H2,1H3,(H,17,18). The van der Waals surface area contributed by atoms with E-state index in [1.54, 1.807) is 0 Å². The summed E-state index contributed by atoms with van der Waals surface area (Å²) in [7, 11) is 0. The number of carboxylic acid groups (broad SMARTS) is 1. The number of unbranched alkanes of at least 4 members (excludes halogenated alkanes) is 6. The van der Waals surface area contributed by atoms with Crippen molar-refractivity contribution >= 4 is 5.97 Å². The molecule has 0 heterocycles. The molecule has 0 bridgehead atoms. The van der Waals surface area contributed by atoms with Crippen LogP contribution in [0, 0.1) is 5.92 Å². The van der Waals surface area contributed by atoms with Gasteiger partial charge >= 0.3 is 5.97 Å². The number of hydrogen-bond donors (Lipinski definition) is 3. The predicted molar refractivity (Wildman–Crippen MR) is 71.4 cm³/mol. The second-order valence-electron chi connectivity index (χ2n) is 5.02. The predicted octanol–water partition coefficient (Wildman–Crippen LogP) is 2.57. The van der Waals surface area contributed by atoms with Crippen molar-refractivity contribution in [1.29, 1.82) is 0 Å². The summed E-state index contributed by atoms with van der Waals surface area (Å²) in [5.41, 5.74) is 0. The Balaban J connectivity index is 3.61. The Hall–Kier alpha value is -0.610. The molecule has 0 rings (SSSR count). The van der Waals surface area contributed by atoms with Crippen LogP contribution in [-0.4, -0.2) is 34.0 Å². The number of aliphatic hydroxyl groups excluding tert-OH is 2. The van der Waals surface area contributed by atoms with Crippen LogP contribution < -0.4 is 0 Å². The minimum Gasteiger partial charge on any atom is -0.481 e. The molecule has 0 spiro atoms. The minimum absolute atomic E-state index is 0.154. The molecule has 4 heteroatoms.